The second-order valence-electron chi connectivity index (χ2n) is 7.45. The Labute approximate surface area is 173 Å². The number of fused-ring (bicyclic) bond motifs is 1. The van der Waals surface area contributed by atoms with Crippen LogP contribution in [0.1, 0.15) is 41.6 Å². The smallest absolute Gasteiger partial charge is 0.272 e. The van der Waals surface area contributed by atoms with Gasteiger partial charge in [0.25, 0.3) is 17.7 Å². The standard InChI is InChI=1S/C22H20ClFN2O3/c23-16-11-9-14(10-12-16)20(27)25(13-15-5-1-4-8-19(15)24)26-21(28)17-6-2-3-7-18(17)22(26)29/h1,4-5,8-12,17-18H,2-3,6-7,13H2/t17-,18-/m0/s1. The number of hydrogen-bond donors (Lipinski definition) is 0. The molecular weight excluding hydrogens is 395 g/mol. The Balaban J connectivity index is 1.72. The van der Waals surface area contributed by atoms with Crippen molar-refractivity contribution in [2.45, 2.75) is 32.2 Å². The fraction of sp³-hybridized carbons (Fsp3) is 0.318. The van der Waals surface area contributed by atoms with Crippen molar-refractivity contribution in [1.82, 2.24) is 10.0 Å². The molecule has 3 amide bonds. The Kier molecular flexibility index (Phi) is 5.37. The molecule has 0 spiro atoms. The Morgan fingerprint density at radius 2 is 1.59 bits per heavy atom. The Bertz CT molecular complexity index is 939. The second-order valence-corrected chi connectivity index (χ2v) is 7.88. The highest BCUT2D eigenvalue weighted by Gasteiger charge is 2.51. The van der Waals surface area contributed by atoms with E-state index in [9.17, 15) is 18.8 Å². The van der Waals surface area contributed by atoms with Gasteiger partial charge in [-0.2, -0.15) is 5.01 Å². The van der Waals surface area contributed by atoms with Gasteiger partial charge in [-0.25, -0.2) is 9.40 Å². The van der Waals surface area contributed by atoms with Crippen molar-refractivity contribution in [3.63, 3.8) is 0 Å². The maximum atomic E-state index is 14.3. The molecule has 2 aromatic carbocycles. The summed E-state index contributed by atoms with van der Waals surface area (Å²) in [4.78, 5) is 39.4. The first-order valence-corrected chi connectivity index (χ1v) is 10.0. The molecule has 29 heavy (non-hydrogen) atoms. The number of carbonyl (C=O) groups excluding carboxylic acids is 3. The van der Waals surface area contributed by atoms with Crippen molar-refractivity contribution in [1.29, 1.82) is 0 Å². The third kappa shape index (κ3) is 3.65. The molecule has 2 fully saturated rings. The highest BCUT2D eigenvalue weighted by Crippen LogP contribution is 2.39. The lowest BCUT2D eigenvalue weighted by Gasteiger charge is -2.30. The Morgan fingerprint density at radius 3 is 2.17 bits per heavy atom. The summed E-state index contributed by atoms with van der Waals surface area (Å²) in [5, 5.41) is 2.48. The number of benzene rings is 2. The zero-order valence-corrected chi connectivity index (χ0v) is 16.4. The SMILES string of the molecule is O=C(c1ccc(Cl)cc1)N(Cc1ccccc1F)N1C(=O)[C@H]2CCCC[C@@H]2C1=O. The number of hydrogen-bond acceptors (Lipinski definition) is 3. The van der Waals surface area contributed by atoms with Crippen LogP contribution < -0.4 is 0 Å². The van der Waals surface area contributed by atoms with Crippen LogP contribution in [0, 0.1) is 17.7 Å². The number of hydrazine groups is 1. The molecular formula is C22H20ClFN2O3. The van der Waals surface area contributed by atoms with Crippen molar-refractivity contribution < 1.29 is 18.8 Å². The van der Waals surface area contributed by atoms with Gasteiger partial charge < -0.3 is 0 Å². The van der Waals surface area contributed by atoms with Gasteiger partial charge in [0.1, 0.15) is 5.82 Å². The lowest BCUT2D eigenvalue weighted by molar-refractivity contribution is -0.155. The first kappa shape index (κ1) is 19.6. The van der Waals surface area contributed by atoms with E-state index in [1.165, 1.54) is 24.3 Å². The number of nitrogens with zero attached hydrogens (tertiary/aromatic N) is 2. The van der Waals surface area contributed by atoms with Crippen LogP contribution in [0.5, 0.6) is 0 Å². The fourth-order valence-corrected chi connectivity index (χ4v) is 4.27. The minimum atomic E-state index is -0.551. The number of rotatable bonds is 4. The lowest BCUT2D eigenvalue weighted by Crippen LogP contribution is -2.49. The molecule has 0 radical (unpaired) electrons. The van der Waals surface area contributed by atoms with E-state index in [0.29, 0.717) is 17.9 Å². The van der Waals surface area contributed by atoms with E-state index in [1.54, 1.807) is 24.3 Å². The molecule has 1 heterocycles. The average Bonchev–Trinajstić information content (AvgIpc) is 2.98. The molecule has 0 aromatic heterocycles. The number of amides is 3. The average molecular weight is 415 g/mol. The molecule has 1 aliphatic heterocycles. The van der Waals surface area contributed by atoms with Crippen LogP contribution in [-0.2, 0) is 16.1 Å². The zero-order chi connectivity index (χ0) is 20.5. The molecule has 1 saturated heterocycles. The number of halogens is 2. The molecule has 2 aliphatic rings. The fourth-order valence-electron chi connectivity index (χ4n) is 4.15. The molecule has 5 nitrogen and oxygen atoms in total. The largest absolute Gasteiger partial charge is 0.273 e. The minimum Gasteiger partial charge on any atom is -0.272 e. The summed E-state index contributed by atoms with van der Waals surface area (Å²) >= 11 is 5.91. The third-order valence-corrected chi connectivity index (χ3v) is 5.91. The highest BCUT2D eigenvalue weighted by atomic mass is 35.5. The summed E-state index contributed by atoms with van der Waals surface area (Å²) < 4.78 is 14.3. The van der Waals surface area contributed by atoms with Crippen molar-refractivity contribution >= 4 is 29.3 Å². The molecule has 0 bridgehead atoms. The Morgan fingerprint density at radius 1 is 1.00 bits per heavy atom. The van der Waals surface area contributed by atoms with Gasteiger partial charge in [0.05, 0.1) is 18.4 Å². The molecule has 4 rings (SSSR count). The third-order valence-electron chi connectivity index (χ3n) is 5.66. The highest BCUT2D eigenvalue weighted by molar-refractivity contribution is 6.30. The van der Waals surface area contributed by atoms with Gasteiger partial charge in [-0.3, -0.25) is 14.4 Å². The van der Waals surface area contributed by atoms with Gasteiger partial charge in [-0.15, -0.1) is 0 Å². The molecule has 2 atom stereocenters. The van der Waals surface area contributed by atoms with E-state index in [2.05, 4.69) is 0 Å². The van der Waals surface area contributed by atoms with Crippen LogP contribution in [0.2, 0.25) is 5.02 Å². The quantitative estimate of drug-likeness (QED) is 0.704. The summed E-state index contributed by atoms with van der Waals surface area (Å²) in [6.45, 7) is -0.217. The molecule has 0 unspecified atom stereocenters. The van der Waals surface area contributed by atoms with E-state index in [1.807, 2.05) is 0 Å². The van der Waals surface area contributed by atoms with Crippen LogP contribution in [0.25, 0.3) is 0 Å². The van der Waals surface area contributed by atoms with Gasteiger partial charge >= 0.3 is 0 Å². The van der Waals surface area contributed by atoms with E-state index in [4.69, 9.17) is 11.6 Å². The van der Waals surface area contributed by atoms with Crippen molar-refractivity contribution in [3.05, 3.63) is 70.5 Å². The molecule has 1 saturated carbocycles. The molecule has 1 aliphatic carbocycles. The predicted octanol–water partition coefficient (Wildman–Crippen LogP) is 4.21. The van der Waals surface area contributed by atoms with Crippen LogP contribution in [-0.4, -0.2) is 27.7 Å². The monoisotopic (exact) mass is 414 g/mol. The van der Waals surface area contributed by atoms with Gasteiger partial charge in [0.2, 0.25) is 0 Å². The summed E-state index contributed by atoms with van der Waals surface area (Å²) in [5.41, 5.74) is 0.492. The van der Waals surface area contributed by atoms with Crippen LogP contribution >= 0.6 is 11.6 Å². The Hall–Kier alpha value is -2.73. The summed E-state index contributed by atoms with van der Waals surface area (Å²) in [5.74, 6) is -2.62. The molecule has 2 aromatic rings. The van der Waals surface area contributed by atoms with Crippen molar-refractivity contribution in [2.24, 2.45) is 11.8 Å². The van der Waals surface area contributed by atoms with Crippen LogP contribution in [0.4, 0.5) is 4.39 Å². The van der Waals surface area contributed by atoms with E-state index in [0.717, 1.165) is 22.9 Å². The number of carbonyl (C=O) groups is 3. The van der Waals surface area contributed by atoms with Crippen LogP contribution in [0.3, 0.4) is 0 Å². The maximum Gasteiger partial charge on any atom is 0.273 e. The first-order chi connectivity index (χ1) is 14.0. The van der Waals surface area contributed by atoms with Gasteiger partial charge in [0.15, 0.2) is 0 Å². The van der Waals surface area contributed by atoms with E-state index < -0.39 is 23.6 Å². The summed E-state index contributed by atoms with van der Waals surface area (Å²) in [6.07, 6.45) is 3.03. The first-order valence-electron chi connectivity index (χ1n) is 9.66. The second kappa shape index (κ2) is 7.95. The molecule has 7 heteroatoms. The van der Waals surface area contributed by atoms with Crippen LogP contribution in [0.15, 0.2) is 48.5 Å². The van der Waals surface area contributed by atoms with Gasteiger partial charge in [0, 0.05) is 16.1 Å². The minimum absolute atomic E-state index is 0.217. The molecule has 150 valence electrons. The topological polar surface area (TPSA) is 57.7 Å². The van der Waals surface area contributed by atoms with Gasteiger partial charge in [-0.1, -0.05) is 42.6 Å². The summed E-state index contributed by atoms with van der Waals surface area (Å²) in [6, 6.07) is 12.2. The van der Waals surface area contributed by atoms with E-state index in [-0.39, 0.29) is 29.5 Å². The van der Waals surface area contributed by atoms with Crippen molar-refractivity contribution in [3.8, 4) is 0 Å². The lowest BCUT2D eigenvalue weighted by atomic mass is 9.81. The number of imide groups is 1. The van der Waals surface area contributed by atoms with E-state index >= 15 is 0 Å². The normalized spacial score (nSPS) is 21.2. The van der Waals surface area contributed by atoms with Crippen molar-refractivity contribution in [2.75, 3.05) is 0 Å². The zero-order valence-electron chi connectivity index (χ0n) is 15.7. The molecule has 0 N–H and O–H groups in total. The van der Waals surface area contributed by atoms with Gasteiger partial charge in [-0.05, 0) is 43.2 Å². The maximum absolute atomic E-state index is 14.3. The summed E-state index contributed by atoms with van der Waals surface area (Å²) in [7, 11) is 0. The predicted molar refractivity (Wildman–Crippen MR) is 105 cm³/mol.